The summed E-state index contributed by atoms with van der Waals surface area (Å²) in [5, 5.41) is 12.0. The Morgan fingerprint density at radius 1 is 1.26 bits per heavy atom. The maximum absolute atomic E-state index is 11.9. The largest absolute Gasteiger partial charge is 0.508 e. The summed E-state index contributed by atoms with van der Waals surface area (Å²) < 4.78 is 0. The lowest BCUT2D eigenvalue weighted by Crippen LogP contribution is -2.23. The van der Waals surface area contributed by atoms with Crippen molar-refractivity contribution in [3.05, 3.63) is 59.4 Å². The van der Waals surface area contributed by atoms with E-state index in [-0.39, 0.29) is 11.7 Å². The van der Waals surface area contributed by atoms with Crippen LogP contribution in [-0.4, -0.2) is 16.0 Å². The summed E-state index contributed by atoms with van der Waals surface area (Å²) in [6.07, 6.45) is 2.61. The minimum Gasteiger partial charge on any atom is -0.508 e. The fourth-order valence-electron chi connectivity index (χ4n) is 1.83. The van der Waals surface area contributed by atoms with Crippen LogP contribution in [0.2, 0.25) is 0 Å². The molecule has 0 fully saturated rings. The minimum absolute atomic E-state index is 0.148. The van der Waals surface area contributed by atoms with Crippen molar-refractivity contribution in [2.24, 2.45) is 0 Å². The SMILES string of the molecule is CCc1cccnc1CNC(=O)c1ccc(O)cc1. The van der Waals surface area contributed by atoms with E-state index in [1.165, 1.54) is 12.1 Å². The van der Waals surface area contributed by atoms with E-state index in [1.807, 2.05) is 12.1 Å². The van der Waals surface area contributed by atoms with Gasteiger partial charge in [0.25, 0.3) is 5.91 Å². The van der Waals surface area contributed by atoms with Gasteiger partial charge in [0.05, 0.1) is 12.2 Å². The predicted molar refractivity (Wildman–Crippen MR) is 72.9 cm³/mol. The van der Waals surface area contributed by atoms with Crippen molar-refractivity contribution < 1.29 is 9.90 Å². The van der Waals surface area contributed by atoms with Crippen LogP contribution in [0.15, 0.2) is 42.6 Å². The number of phenols is 1. The van der Waals surface area contributed by atoms with Crippen LogP contribution in [-0.2, 0) is 13.0 Å². The molecule has 2 N–H and O–H groups in total. The number of pyridine rings is 1. The average Bonchev–Trinajstić information content (AvgIpc) is 2.45. The Balaban J connectivity index is 2.02. The van der Waals surface area contributed by atoms with Gasteiger partial charge in [-0.05, 0) is 42.3 Å². The molecule has 0 saturated heterocycles. The summed E-state index contributed by atoms with van der Waals surface area (Å²) in [5.41, 5.74) is 2.54. The molecule has 1 amide bonds. The first kappa shape index (κ1) is 13.1. The lowest BCUT2D eigenvalue weighted by molar-refractivity contribution is 0.0950. The molecule has 2 rings (SSSR count). The molecule has 1 aromatic heterocycles. The summed E-state index contributed by atoms with van der Waals surface area (Å²) in [5.74, 6) is -0.0257. The first-order valence-electron chi connectivity index (χ1n) is 6.20. The second kappa shape index (κ2) is 6.00. The number of carbonyl (C=O) groups excluding carboxylic acids is 1. The summed E-state index contributed by atoms with van der Waals surface area (Å²) in [4.78, 5) is 16.2. The van der Waals surface area contributed by atoms with E-state index in [9.17, 15) is 9.90 Å². The lowest BCUT2D eigenvalue weighted by atomic mass is 10.1. The molecule has 0 bridgehead atoms. The Bertz CT molecular complexity index is 565. The molecule has 0 radical (unpaired) electrons. The van der Waals surface area contributed by atoms with E-state index >= 15 is 0 Å². The number of nitrogens with one attached hydrogen (secondary N) is 1. The first-order valence-corrected chi connectivity index (χ1v) is 6.20. The standard InChI is InChI=1S/C15H16N2O2/c1-2-11-4-3-9-16-14(11)10-17-15(19)12-5-7-13(18)8-6-12/h3-9,18H,2,10H2,1H3,(H,17,19). The monoisotopic (exact) mass is 256 g/mol. The van der Waals surface area contributed by atoms with E-state index in [1.54, 1.807) is 18.3 Å². The van der Waals surface area contributed by atoms with Gasteiger partial charge >= 0.3 is 0 Å². The maximum atomic E-state index is 11.9. The van der Waals surface area contributed by atoms with Gasteiger partial charge in [-0.25, -0.2) is 0 Å². The van der Waals surface area contributed by atoms with Crippen LogP contribution in [0.25, 0.3) is 0 Å². The Kier molecular flexibility index (Phi) is 4.13. The number of hydrogen-bond donors (Lipinski definition) is 2. The zero-order valence-corrected chi connectivity index (χ0v) is 10.8. The van der Waals surface area contributed by atoms with E-state index in [4.69, 9.17) is 0 Å². The molecule has 2 aromatic rings. The number of benzene rings is 1. The molecule has 4 heteroatoms. The number of rotatable bonds is 4. The van der Waals surface area contributed by atoms with Gasteiger partial charge in [-0.2, -0.15) is 0 Å². The molecule has 1 aromatic carbocycles. The number of carbonyl (C=O) groups is 1. The summed E-state index contributed by atoms with van der Waals surface area (Å²) in [7, 11) is 0. The highest BCUT2D eigenvalue weighted by Gasteiger charge is 2.07. The Labute approximate surface area is 112 Å². The van der Waals surface area contributed by atoms with E-state index in [0.717, 1.165) is 17.7 Å². The smallest absolute Gasteiger partial charge is 0.251 e. The molecular formula is C15H16N2O2. The van der Waals surface area contributed by atoms with Crippen LogP contribution in [0.1, 0.15) is 28.5 Å². The Morgan fingerprint density at radius 2 is 2.00 bits per heavy atom. The van der Waals surface area contributed by atoms with Crippen molar-refractivity contribution in [1.29, 1.82) is 0 Å². The first-order chi connectivity index (χ1) is 9.20. The number of aryl methyl sites for hydroxylation is 1. The minimum atomic E-state index is -0.173. The number of nitrogens with zero attached hydrogens (tertiary/aromatic N) is 1. The van der Waals surface area contributed by atoms with Gasteiger partial charge < -0.3 is 10.4 Å². The van der Waals surface area contributed by atoms with E-state index in [2.05, 4.69) is 17.2 Å². The molecule has 0 saturated carbocycles. The highest BCUT2D eigenvalue weighted by atomic mass is 16.3. The third-order valence-corrected chi connectivity index (χ3v) is 2.91. The number of aromatic nitrogens is 1. The van der Waals surface area contributed by atoms with Gasteiger partial charge in [0.15, 0.2) is 0 Å². The third kappa shape index (κ3) is 3.31. The molecule has 0 spiro atoms. The van der Waals surface area contributed by atoms with Gasteiger partial charge in [0.1, 0.15) is 5.75 Å². The Morgan fingerprint density at radius 3 is 2.68 bits per heavy atom. The average molecular weight is 256 g/mol. The highest BCUT2D eigenvalue weighted by Crippen LogP contribution is 2.10. The second-order valence-corrected chi connectivity index (χ2v) is 4.19. The van der Waals surface area contributed by atoms with Crippen molar-refractivity contribution >= 4 is 5.91 Å². The molecule has 0 atom stereocenters. The van der Waals surface area contributed by atoms with Gasteiger partial charge in [0.2, 0.25) is 0 Å². The van der Waals surface area contributed by atoms with Crippen LogP contribution < -0.4 is 5.32 Å². The molecule has 1 heterocycles. The quantitative estimate of drug-likeness (QED) is 0.882. The summed E-state index contributed by atoms with van der Waals surface area (Å²) in [6, 6.07) is 10.1. The highest BCUT2D eigenvalue weighted by molar-refractivity contribution is 5.94. The Hall–Kier alpha value is -2.36. The van der Waals surface area contributed by atoms with E-state index in [0.29, 0.717) is 12.1 Å². The van der Waals surface area contributed by atoms with Crippen LogP contribution in [0.4, 0.5) is 0 Å². The zero-order valence-electron chi connectivity index (χ0n) is 10.8. The topological polar surface area (TPSA) is 62.2 Å². The normalized spacial score (nSPS) is 10.2. The van der Waals surface area contributed by atoms with Crippen LogP contribution in [0, 0.1) is 0 Å². The fourth-order valence-corrected chi connectivity index (χ4v) is 1.83. The molecule has 0 aliphatic carbocycles. The molecular weight excluding hydrogens is 240 g/mol. The molecule has 0 unspecified atom stereocenters. The van der Waals surface area contributed by atoms with Crippen molar-refractivity contribution in [1.82, 2.24) is 10.3 Å². The summed E-state index contributed by atoms with van der Waals surface area (Å²) in [6.45, 7) is 2.46. The van der Waals surface area contributed by atoms with Crippen LogP contribution in [0.5, 0.6) is 5.75 Å². The summed E-state index contributed by atoms with van der Waals surface area (Å²) >= 11 is 0. The molecule has 0 aliphatic heterocycles. The number of phenolic OH excluding ortho intramolecular Hbond substituents is 1. The van der Waals surface area contributed by atoms with Gasteiger partial charge in [-0.3, -0.25) is 9.78 Å². The molecule has 0 aliphatic rings. The van der Waals surface area contributed by atoms with Gasteiger partial charge in [0, 0.05) is 11.8 Å². The van der Waals surface area contributed by atoms with Crippen molar-refractivity contribution in [3.63, 3.8) is 0 Å². The second-order valence-electron chi connectivity index (χ2n) is 4.19. The number of aromatic hydroxyl groups is 1. The molecule has 19 heavy (non-hydrogen) atoms. The molecule has 98 valence electrons. The number of amides is 1. The van der Waals surface area contributed by atoms with Gasteiger partial charge in [-0.15, -0.1) is 0 Å². The predicted octanol–water partition coefficient (Wildman–Crippen LogP) is 2.28. The zero-order chi connectivity index (χ0) is 13.7. The van der Waals surface area contributed by atoms with Crippen molar-refractivity contribution in [3.8, 4) is 5.75 Å². The van der Waals surface area contributed by atoms with Crippen LogP contribution in [0.3, 0.4) is 0 Å². The maximum Gasteiger partial charge on any atom is 0.251 e. The fraction of sp³-hybridized carbons (Fsp3) is 0.200. The number of hydrogen-bond acceptors (Lipinski definition) is 3. The van der Waals surface area contributed by atoms with Gasteiger partial charge in [-0.1, -0.05) is 13.0 Å². The molecule has 4 nitrogen and oxygen atoms in total. The lowest BCUT2D eigenvalue weighted by Gasteiger charge is -2.08. The van der Waals surface area contributed by atoms with E-state index < -0.39 is 0 Å². The van der Waals surface area contributed by atoms with Crippen LogP contribution >= 0.6 is 0 Å². The third-order valence-electron chi connectivity index (χ3n) is 2.91. The van der Waals surface area contributed by atoms with Crippen molar-refractivity contribution in [2.45, 2.75) is 19.9 Å². The van der Waals surface area contributed by atoms with Crippen molar-refractivity contribution in [2.75, 3.05) is 0 Å².